The van der Waals surface area contributed by atoms with Gasteiger partial charge in [-0.2, -0.15) is 0 Å². The van der Waals surface area contributed by atoms with Gasteiger partial charge in [0.2, 0.25) is 0 Å². The summed E-state index contributed by atoms with van der Waals surface area (Å²) in [5.41, 5.74) is 4.05. The van der Waals surface area contributed by atoms with E-state index in [9.17, 15) is 4.79 Å². The van der Waals surface area contributed by atoms with E-state index in [2.05, 4.69) is 10.6 Å². The number of benzene rings is 2. The molecule has 1 aliphatic carbocycles. The van der Waals surface area contributed by atoms with Crippen molar-refractivity contribution in [2.45, 2.75) is 12.5 Å². The Hall–Kier alpha value is -2.70. The summed E-state index contributed by atoms with van der Waals surface area (Å²) in [7, 11) is 1.67. The minimum absolute atomic E-state index is 0.0273. The maximum Gasteiger partial charge on any atom is 0.194 e. The van der Waals surface area contributed by atoms with Crippen molar-refractivity contribution in [3.8, 4) is 5.75 Å². The highest BCUT2D eigenvalue weighted by atomic mass is 32.1. The number of ketones is 1. The maximum atomic E-state index is 13.0. The third kappa shape index (κ3) is 3.34. The number of carbonyl (C=O) groups excluding carboxylic acids is 1. The van der Waals surface area contributed by atoms with Crippen molar-refractivity contribution in [3.05, 3.63) is 70.8 Å². The van der Waals surface area contributed by atoms with Crippen LogP contribution in [-0.2, 0) is 4.74 Å². The number of hydrogen-bond donors (Lipinski definition) is 2. The van der Waals surface area contributed by atoms with Gasteiger partial charge in [0.05, 0.1) is 23.9 Å². The second kappa shape index (κ2) is 7.50. The quantitative estimate of drug-likeness (QED) is 0.593. The lowest BCUT2D eigenvalue weighted by Crippen LogP contribution is -2.43. The molecule has 27 heavy (non-hydrogen) atoms. The van der Waals surface area contributed by atoms with Gasteiger partial charge < -0.3 is 20.1 Å². The van der Waals surface area contributed by atoms with Gasteiger partial charge in [0, 0.05) is 31.3 Å². The summed E-state index contributed by atoms with van der Waals surface area (Å²) in [6.45, 7) is 1.24. The number of hydrogen-bond acceptors (Lipinski definition) is 4. The first-order valence-electron chi connectivity index (χ1n) is 8.86. The average molecular weight is 380 g/mol. The molecule has 0 saturated carbocycles. The molecule has 0 radical (unpaired) electrons. The zero-order chi connectivity index (χ0) is 18.8. The molecule has 0 amide bonds. The van der Waals surface area contributed by atoms with Gasteiger partial charge in [0.15, 0.2) is 10.9 Å². The lowest BCUT2D eigenvalue weighted by Gasteiger charge is -2.28. The van der Waals surface area contributed by atoms with Crippen molar-refractivity contribution in [3.63, 3.8) is 0 Å². The molecule has 2 aromatic rings. The molecule has 138 valence electrons. The molecule has 0 bridgehead atoms. The van der Waals surface area contributed by atoms with E-state index in [1.54, 1.807) is 7.11 Å². The van der Waals surface area contributed by atoms with Crippen LogP contribution in [0.25, 0.3) is 5.70 Å². The number of Topliss-reactive ketones (excluding diaryl/α,β-unsaturated/α-hetero) is 1. The van der Waals surface area contributed by atoms with Crippen molar-refractivity contribution in [1.29, 1.82) is 0 Å². The van der Waals surface area contributed by atoms with Crippen molar-refractivity contribution in [2.24, 2.45) is 0 Å². The van der Waals surface area contributed by atoms with Crippen LogP contribution >= 0.6 is 12.2 Å². The molecule has 5 nitrogen and oxygen atoms in total. The lowest BCUT2D eigenvalue weighted by atomic mass is 9.94. The van der Waals surface area contributed by atoms with Crippen molar-refractivity contribution < 1.29 is 14.3 Å². The fourth-order valence-electron chi connectivity index (χ4n) is 3.49. The van der Waals surface area contributed by atoms with Crippen LogP contribution in [0, 0.1) is 0 Å². The minimum Gasteiger partial charge on any atom is -0.493 e. The van der Waals surface area contributed by atoms with Crippen LogP contribution in [0.4, 0.5) is 0 Å². The van der Waals surface area contributed by atoms with E-state index >= 15 is 0 Å². The molecule has 2 aromatic carbocycles. The second-order valence-corrected chi connectivity index (χ2v) is 6.87. The molecule has 0 aromatic heterocycles. The van der Waals surface area contributed by atoms with Gasteiger partial charge in [-0.15, -0.1) is 0 Å². The molecule has 1 aliphatic heterocycles. The van der Waals surface area contributed by atoms with E-state index in [0.717, 1.165) is 29.0 Å². The van der Waals surface area contributed by atoms with E-state index in [0.29, 0.717) is 29.5 Å². The molecule has 0 saturated heterocycles. The summed E-state index contributed by atoms with van der Waals surface area (Å²) < 4.78 is 10.9. The number of carbonyl (C=O) groups is 1. The summed E-state index contributed by atoms with van der Waals surface area (Å²) >= 11 is 5.39. The molecule has 6 heteroatoms. The van der Waals surface area contributed by atoms with Crippen LogP contribution in [0.1, 0.15) is 33.9 Å². The van der Waals surface area contributed by atoms with Crippen molar-refractivity contribution in [2.75, 3.05) is 20.3 Å². The van der Waals surface area contributed by atoms with Crippen LogP contribution in [-0.4, -0.2) is 31.2 Å². The van der Waals surface area contributed by atoms with Crippen LogP contribution in [0.2, 0.25) is 0 Å². The molecule has 0 unspecified atom stereocenters. The topological polar surface area (TPSA) is 59.6 Å². The predicted molar refractivity (Wildman–Crippen MR) is 108 cm³/mol. The van der Waals surface area contributed by atoms with Gasteiger partial charge in [-0.25, -0.2) is 0 Å². The number of ether oxygens (including phenoxy) is 2. The number of fused-ring (bicyclic) bond motifs is 2. The molecule has 1 atom stereocenters. The third-order valence-corrected chi connectivity index (χ3v) is 4.93. The maximum absolute atomic E-state index is 13.0. The average Bonchev–Trinajstić information content (AvgIpc) is 2.97. The number of rotatable bonds is 6. The highest BCUT2D eigenvalue weighted by molar-refractivity contribution is 7.80. The Bertz CT molecular complexity index is 939. The Kier molecular flexibility index (Phi) is 4.92. The zero-order valence-electron chi connectivity index (χ0n) is 15.0. The van der Waals surface area contributed by atoms with Crippen LogP contribution in [0.3, 0.4) is 0 Å². The molecule has 0 spiro atoms. The van der Waals surface area contributed by atoms with E-state index < -0.39 is 0 Å². The Morgan fingerprint density at radius 3 is 2.70 bits per heavy atom. The van der Waals surface area contributed by atoms with Gasteiger partial charge in [-0.05, 0) is 29.9 Å². The smallest absolute Gasteiger partial charge is 0.194 e. The van der Waals surface area contributed by atoms with E-state index in [1.165, 1.54) is 0 Å². The van der Waals surface area contributed by atoms with E-state index in [1.807, 2.05) is 48.5 Å². The summed E-state index contributed by atoms with van der Waals surface area (Å²) in [6.07, 6.45) is 0.819. The van der Waals surface area contributed by atoms with Gasteiger partial charge >= 0.3 is 0 Å². The second-order valence-electron chi connectivity index (χ2n) is 6.46. The first-order chi connectivity index (χ1) is 13.2. The summed E-state index contributed by atoms with van der Waals surface area (Å²) in [6, 6.07) is 15.1. The molecule has 4 rings (SSSR count). The number of methoxy groups -OCH3 is 1. The Morgan fingerprint density at radius 1 is 1.07 bits per heavy atom. The zero-order valence-corrected chi connectivity index (χ0v) is 15.8. The summed E-state index contributed by atoms with van der Waals surface area (Å²) in [5, 5.41) is 6.91. The Balaban J connectivity index is 1.65. The highest BCUT2D eigenvalue weighted by Crippen LogP contribution is 2.40. The van der Waals surface area contributed by atoms with Crippen LogP contribution < -0.4 is 15.4 Å². The predicted octanol–water partition coefficient (Wildman–Crippen LogP) is 3.23. The van der Waals surface area contributed by atoms with Crippen molar-refractivity contribution >= 4 is 28.8 Å². The fraction of sp³-hybridized carbons (Fsp3) is 0.238. The number of nitrogens with one attached hydrogen (secondary N) is 2. The number of thiocarbonyl (C=S) groups is 1. The van der Waals surface area contributed by atoms with E-state index in [4.69, 9.17) is 21.7 Å². The first kappa shape index (κ1) is 17.7. The molecule has 2 aliphatic rings. The van der Waals surface area contributed by atoms with Crippen LogP contribution in [0.15, 0.2) is 54.1 Å². The molecule has 2 N–H and O–H groups in total. The van der Waals surface area contributed by atoms with Gasteiger partial charge in [-0.3, -0.25) is 4.79 Å². The molecular weight excluding hydrogens is 360 g/mol. The molecule has 0 fully saturated rings. The van der Waals surface area contributed by atoms with Crippen LogP contribution in [0.5, 0.6) is 5.75 Å². The standard InChI is InChI=1S/C21H20N2O3S/c1-25-10-5-11-26-14-7-4-6-13(12-14)18-17-19(23-21(27)22-18)15-8-2-3-9-16(15)20(17)24/h2-4,6-9,12,18H,5,10-11H2,1H3,(H2,22,23,27)/t18-/m0/s1. The SMILES string of the molecule is COCCCOc1cccc([C@@H]2NC(=S)NC3=C2C(=O)c2ccccc23)c1. The van der Waals surface area contributed by atoms with Gasteiger partial charge in [0.1, 0.15) is 5.75 Å². The minimum atomic E-state index is -0.309. The Labute approximate surface area is 163 Å². The summed E-state index contributed by atoms with van der Waals surface area (Å²) in [4.78, 5) is 13.0. The molecular formula is C21H20N2O3S. The third-order valence-electron chi connectivity index (χ3n) is 4.71. The largest absolute Gasteiger partial charge is 0.493 e. The van der Waals surface area contributed by atoms with Gasteiger partial charge in [-0.1, -0.05) is 36.4 Å². The fourth-order valence-corrected chi connectivity index (χ4v) is 3.71. The lowest BCUT2D eigenvalue weighted by molar-refractivity contribution is 0.103. The van der Waals surface area contributed by atoms with E-state index in [-0.39, 0.29) is 11.8 Å². The highest BCUT2D eigenvalue weighted by Gasteiger charge is 2.38. The normalized spacial score (nSPS) is 17.9. The molecule has 1 heterocycles. The first-order valence-corrected chi connectivity index (χ1v) is 9.27. The summed E-state index contributed by atoms with van der Waals surface area (Å²) in [5.74, 6) is 0.791. The van der Waals surface area contributed by atoms with Crippen molar-refractivity contribution in [1.82, 2.24) is 10.6 Å². The Morgan fingerprint density at radius 2 is 1.89 bits per heavy atom. The van der Waals surface area contributed by atoms with Gasteiger partial charge in [0.25, 0.3) is 0 Å². The monoisotopic (exact) mass is 380 g/mol.